The van der Waals surface area contributed by atoms with Crippen molar-refractivity contribution in [3.63, 3.8) is 0 Å². The van der Waals surface area contributed by atoms with E-state index in [0.29, 0.717) is 0 Å². The number of hydrogen-bond acceptors (Lipinski definition) is 3. The van der Waals surface area contributed by atoms with Crippen LogP contribution in [0.2, 0.25) is 0 Å². The molecule has 0 aromatic carbocycles. The number of aromatic nitrogens is 2. The van der Waals surface area contributed by atoms with E-state index in [-0.39, 0.29) is 6.15 Å². The average Bonchev–Trinajstić information content (AvgIpc) is 2.05. The predicted octanol–water partition coefficient (Wildman–Crippen LogP) is 1.79. The molecule has 2 rings (SSSR count). The van der Waals surface area contributed by atoms with Crippen LogP contribution in [0.1, 0.15) is 0 Å². The number of hydrogen-bond donors (Lipinski definition) is 1. The lowest BCUT2D eigenvalue weighted by Crippen LogP contribution is -1.78. The number of fused-ring (bicyclic) bond motifs is 1. The Morgan fingerprint density at radius 1 is 0.909 bits per heavy atom. The summed E-state index contributed by atoms with van der Waals surface area (Å²) in [5, 5.41) is 1.09. The fraction of sp³-hybridized carbons (Fsp3) is 0. The summed E-state index contributed by atoms with van der Waals surface area (Å²) >= 11 is 0. The van der Waals surface area contributed by atoms with Gasteiger partial charge in [-0.25, -0.2) is 9.97 Å². The predicted molar refractivity (Wildman–Crippen MR) is 44.6 cm³/mol. The summed E-state index contributed by atoms with van der Waals surface area (Å²) in [5.74, 6) is 0. The fourth-order valence-electron chi connectivity index (χ4n) is 0.908. The smallest absolute Gasteiger partial charge is 0.159 e. The van der Waals surface area contributed by atoms with Gasteiger partial charge in [0.25, 0.3) is 0 Å². The average molecular weight is 147 g/mol. The molecule has 0 aliphatic rings. The van der Waals surface area contributed by atoms with E-state index < -0.39 is 0 Å². The SMILES string of the molecule is N.c1cnc2ncccc2c1. The molecule has 2 aromatic heterocycles. The highest BCUT2D eigenvalue weighted by molar-refractivity contribution is 5.73. The van der Waals surface area contributed by atoms with Crippen LogP contribution < -0.4 is 6.15 Å². The Morgan fingerprint density at radius 2 is 1.45 bits per heavy atom. The molecule has 0 saturated carbocycles. The van der Waals surface area contributed by atoms with E-state index in [2.05, 4.69) is 9.97 Å². The van der Waals surface area contributed by atoms with Gasteiger partial charge in [-0.05, 0) is 24.3 Å². The van der Waals surface area contributed by atoms with Crippen LogP contribution in [0.3, 0.4) is 0 Å². The van der Waals surface area contributed by atoms with Crippen LogP contribution in [0.15, 0.2) is 36.7 Å². The van der Waals surface area contributed by atoms with E-state index in [1.165, 1.54) is 0 Å². The summed E-state index contributed by atoms with van der Waals surface area (Å²) in [6.45, 7) is 0. The molecular weight excluding hydrogens is 138 g/mol. The molecular formula is C8H9N3. The number of nitrogens with zero attached hydrogens (tertiary/aromatic N) is 2. The Hall–Kier alpha value is -1.48. The topological polar surface area (TPSA) is 60.8 Å². The van der Waals surface area contributed by atoms with Crippen molar-refractivity contribution < 1.29 is 0 Å². The summed E-state index contributed by atoms with van der Waals surface area (Å²) in [6, 6.07) is 7.80. The lowest BCUT2D eigenvalue weighted by Gasteiger charge is -1.90. The highest BCUT2D eigenvalue weighted by atomic mass is 14.8. The van der Waals surface area contributed by atoms with Crippen LogP contribution >= 0.6 is 0 Å². The summed E-state index contributed by atoms with van der Waals surface area (Å²) in [6.07, 6.45) is 3.49. The standard InChI is InChI=1S/C8H6N2.H3N/c1-3-7-4-2-6-10-8(7)9-5-1;/h1-6H;1H3. The maximum atomic E-state index is 4.07. The molecule has 11 heavy (non-hydrogen) atoms. The molecule has 0 fully saturated rings. The second kappa shape index (κ2) is 3.07. The minimum Gasteiger partial charge on any atom is -0.344 e. The largest absolute Gasteiger partial charge is 0.344 e. The van der Waals surface area contributed by atoms with E-state index in [0.717, 1.165) is 11.0 Å². The fourth-order valence-corrected chi connectivity index (χ4v) is 0.908. The molecule has 0 atom stereocenters. The van der Waals surface area contributed by atoms with Crippen LogP contribution in [0.25, 0.3) is 11.0 Å². The van der Waals surface area contributed by atoms with Crippen LogP contribution in [-0.2, 0) is 0 Å². The molecule has 56 valence electrons. The molecule has 0 radical (unpaired) electrons. The van der Waals surface area contributed by atoms with Crippen molar-refractivity contribution in [3.8, 4) is 0 Å². The first-order valence-corrected chi connectivity index (χ1v) is 3.12. The van der Waals surface area contributed by atoms with Gasteiger partial charge in [-0.1, -0.05) is 0 Å². The Kier molecular flexibility index (Phi) is 2.13. The van der Waals surface area contributed by atoms with Crippen LogP contribution in [0, 0.1) is 0 Å². The molecule has 3 heteroatoms. The molecule has 2 heterocycles. The molecule has 0 spiro atoms. The van der Waals surface area contributed by atoms with E-state index in [9.17, 15) is 0 Å². The highest BCUT2D eigenvalue weighted by Crippen LogP contribution is 2.04. The van der Waals surface area contributed by atoms with Gasteiger partial charge < -0.3 is 6.15 Å². The minimum absolute atomic E-state index is 0. The van der Waals surface area contributed by atoms with Crippen molar-refractivity contribution in [2.75, 3.05) is 0 Å². The van der Waals surface area contributed by atoms with Crippen molar-refractivity contribution in [2.45, 2.75) is 0 Å². The van der Waals surface area contributed by atoms with Gasteiger partial charge in [0.1, 0.15) is 0 Å². The van der Waals surface area contributed by atoms with Gasteiger partial charge in [0.2, 0.25) is 0 Å². The quantitative estimate of drug-likeness (QED) is 0.618. The van der Waals surface area contributed by atoms with Crippen LogP contribution in [-0.4, -0.2) is 9.97 Å². The molecule has 0 bridgehead atoms. The van der Waals surface area contributed by atoms with E-state index in [1.54, 1.807) is 12.4 Å². The number of pyridine rings is 2. The van der Waals surface area contributed by atoms with Crippen molar-refractivity contribution in [3.05, 3.63) is 36.7 Å². The molecule has 0 aliphatic heterocycles. The lowest BCUT2D eigenvalue weighted by atomic mass is 10.3. The maximum absolute atomic E-state index is 4.07. The van der Waals surface area contributed by atoms with E-state index in [4.69, 9.17) is 0 Å². The molecule has 0 amide bonds. The highest BCUT2D eigenvalue weighted by Gasteiger charge is 1.88. The Balaban J connectivity index is 0.000000605. The normalized spacial score (nSPS) is 9.09. The summed E-state index contributed by atoms with van der Waals surface area (Å²) in [7, 11) is 0. The number of rotatable bonds is 0. The van der Waals surface area contributed by atoms with Crippen LogP contribution in [0.5, 0.6) is 0 Å². The van der Waals surface area contributed by atoms with Gasteiger partial charge in [-0.2, -0.15) is 0 Å². The van der Waals surface area contributed by atoms with Gasteiger partial charge in [-0.15, -0.1) is 0 Å². The third-order valence-electron chi connectivity index (χ3n) is 1.38. The second-order valence-electron chi connectivity index (χ2n) is 2.05. The molecule has 0 saturated heterocycles. The van der Waals surface area contributed by atoms with Crippen molar-refractivity contribution >= 4 is 11.0 Å². The molecule has 3 nitrogen and oxygen atoms in total. The molecule has 3 N–H and O–H groups in total. The Labute approximate surface area is 64.7 Å². The second-order valence-corrected chi connectivity index (χ2v) is 2.05. The summed E-state index contributed by atoms with van der Waals surface area (Å²) in [5.41, 5.74) is 0.810. The van der Waals surface area contributed by atoms with Gasteiger partial charge in [0.05, 0.1) is 0 Å². The third kappa shape index (κ3) is 1.33. The van der Waals surface area contributed by atoms with E-state index >= 15 is 0 Å². The Bertz CT molecular complexity index is 280. The van der Waals surface area contributed by atoms with Crippen molar-refractivity contribution in [2.24, 2.45) is 0 Å². The van der Waals surface area contributed by atoms with Gasteiger partial charge in [0.15, 0.2) is 5.65 Å². The zero-order chi connectivity index (χ0) is 6.81. The molecule has 0 unspecified atom stereocenters. The molecule has 2 aromatic rings. The monoisotopic (exact) mass is 147 g/mol. The first-order valence-electron chi connectivity index (χ1n) is 3.12. The zero-order valence-electron chi connectivity index (χ0n) is 6.07. The summed E-state index contributed by atoms with van der Waals surface area (Å²) < 4.78 is 0. The Morgan fingerprint density at radius 3 is 1.91 bits per heavy atom. The first-order chi connectivity index (χ1) is 4.97. The third-order valence-corrected chi connectivity index (χ3v) is 1.38. The van der Waals surface area contributed by atoms with Crippen molar-refractivity contribution in [1.82, 2.24) is 16.1 Å². The zero-order valence-corrected chi connectivity index (χ0v) is 6.07. The lowest BCUT2D eigenvalue weighted by molar-refractivity contribution is 1.29. The van der Waals surface area contributed by atoms with Gasteiger partial charge in [-0.3, -0.25) is 0 Å². The first kappa shape index (κ1) is 7.63. The van der Waals surface area contributed by atoms with Gasteiger partial charge >= 0.3 is 0 Å². The maximum Gasteiger partial charge on any atom is 0.159 e. The summed E-state index contributed by atoms with van der Waals surface area (Å²) in [4.78, 5) is 8.14. The molecule has 0 aliphatic carbocycles. The van der Waals surface area contributed by atoms with Crippen LogP contribution in [0.4, 0.5) is 0 Å². The van der Waals surface area contributed by atoms with E-state index in [1.807, 2.05) is 24.3 Å². The minimum atomic E-state index is 0. The van der Waals surface area contributed by atoms with Crippen molar-refractivity contribution in [1.29, 1.82) is 0 Å². The van der Waals surface area contributed by atoms with Gasteiger partial charge in [0, 0.05) is 17.8 Å².